The highest BCUT2D eigenvalue weighted by Crippen LogP contribution is 2.46. The number of nitrogens with zero attached hydrogens (tertiary/aromatic N) is 3. The Morgan fingerprint density at radius 1 is 1.29 bits per heavy atom. The van der Waals surface area contributed by atoms with Gasteiger partial charge in [-0.2, -0.15) is 5.26 Å². The number of aryl methyl sites for hydroxylation is 2. The first kappa shape index (κ1) is 23.8. The van der Waals surface area contributed by atoms with Gasteiger partial charge in [0.1, 0.15) is 0 Å². The van der Waals surface area contributed by atoms with Crippen LogP contribution in [0.3, 0.4) is 0 Å². The number of thioether (sulfide) groups is 1. The Hall–Kier alpha value is -3.35. The highest BCUT2D eigenvalue weighted by Gasteiger charge is 2.39. The van der Waals surface area contributed by atoms with Crippen LogP contribution >= 0.6 is 11.8 Å². The van der Waals surface area contributed by atoms with Crippen LogP contribution in [0.5, 0.6) is 0 Å². The number of pyridine rings is 1. The molecule has 2 aliphatic heterocycles. The van der Waals surface area contributed by atoms with Gasteiger partial charge >= 0.3 is 6.03 Å². The van der Waals surface area contributed by atoms with E-state index >= 15 is 0 Å². The SMILES string of the molecule is CC(=N)[C@@H]1CN(C(=O)NC2(C)NC(c3cccc(C#N)c3)=C(c3cc(C)nc(C)c3)S2)CCN1. The Kier molecular flexibility index (Phi) is 6.64. The van der Waals surface area contributed by atoms with E-state index in [0.29, 0.717) is 30.9 Å². The number of urea groups is 1. The van der Waals surface area contributed by atoms with Crippen molar-refractivity contribution in [2.24, 2.45) is 0 Å². The maximum absolute atomic E-state index is 13.2. The van der Waals surface area contributed by atoms with Gasteiger partial charge in [-0.15, -0.1) is 0 Å². The Morgan fingerprint density at radius 2 is 2.03 bits per heavy atom. The van der Waals surface area contributed by atoms with Crippen molar-refractivity contribution in [3.05, 3.63) is 64.5 Å². The maximum Gasteiger partial charge on any atom is 0.319 e. The number of amides is 2. The van der Waals surface area contributed by atoms with E-state index in [4.69, 9.17) is 5.41 Å². The zero-order valence-electron chi connectivity index (χ0n) is 19.8. The molecule has 0 aliphatic carbocycles. The van der Waals surface area contributed by atoms with Gasteiger partial charge in [-0.05, 0) is 57.5 Å². The summed E-state index contributed by atoms with van der Waals surface area (Å²) in [6, 6.07) is 13.4. The van der Waals surface area contributed by atoms with E-state index in [1.807, 2.05) is 51.1 Å². The van der Waals surface area contributed by atoms with E-state index in [1.165, 1.54) is 0 Å². The van der Waals surface area contributed by atoms with Crippen molar-refractivity contribution in [1.82, 2.24) is 25.8 Å². The zero-order chi connectivity index (χ0) is 24.5. The van der Waals surface area contributed by atoms with E-state index < -0.39 is 4.99 Å². The molecule has 8 nitrogen and oxygen atoms in total. The van der Waals surface area contributed by atoms with E-state index in [-0.39, 0.29) is 12.1 Å². The lowest BCUT2D eigenvalue weighted by atomic mass is 10.1. The summed E-state index contributed by atoms with van der Waals surface area (Å²) in [5.74, 6) is 0. The molecule has 2 atom stereocenters. The van der Waals surface area contributed by atoms with E-state index in [9.17, 15) is 10.1 Å². The first-order chi connectivity index (χ1) is 16.2. The molecule has 0 spiro atoms. The van der Waals surface area contributed by atoms with Gasteiger partial charge in [-0.25, -0.2) is 4.79 Å². The minimum absolute atomic E-state index is 0.128. The summed E-state index contributed by atoms with van der Waals surface area (Å²) in [6.07, 6.45) is 0. The lowest BCUT2D eigenvalue weighted by molar-refractivity contribution is 0.179. The molecule has 1 aromatic heterocycles. The maximum atomic E-state index is 13.2. The van der Waals surface area contributed by atoms with Crippen molar-refractivity contribution in [2.75, 3.05) is 19.6 Å². The number of carbonyl (C=O) groups excluding carboxylic acids is 1. The predicted octanol–water partition coefficient (Wildman–Crippen LogP) is 3.43. The molecular weight excluding hydrogens is 446 g/mol. The molecule has 0 bridgehead atoms. The Bertz CT molecular complexity index is 1200. The Balaban J connectivity index is 1.65. The number of benzene rings is 1. The largest absolute Gasteiger partial charge is 0.353 e. The second-order valence-corrected chi connectivity index (χ2v) is 10.3. The summed E-state index contributed by atoms with van der Waals surface area (Å²) in [5.41, 5.74) is 5.68. The highest BCUT2D eigenvalue weighted by molar-refractivity contribution is 8.10. The lowest BCUT2D eigenvalue weighted by Crippen LogP contribution is -2.61. The molecule has 4 rings (SSSR count). The second-order valence-electron chi connectivity index (χ2n) is 8.86. The summed E-state index contributed by atoms with van der Waals surface area (Å²) in [6.45, 7) is 9.32. The van der Waals surface area contributed by atoms with E-state index in [0.717, 1.165) is 33.1 Å². The first-order valence-corrected chi connectivity index (χ1v) is 12.0. The number of nitrogens with one attached hydrogen (secondary N) is 4. The summed E-state index contributed by atoms with van der Waals surface area (Å²) < 4.78 is 0. The van der Waals surface area contributed by atoms with E-state index in [2.05, 4.69) is 27.0 Å². The molecular formula is C25H29N7OS. The third-order valence-corrected chi connectivity index (χ3v) is 7.11. The number of hydrogen-bond donors (Lipinski definition) is 4. The fraction of sp³-hybridized carbons (Fsp3) is 0.360. The minimum Gasteiger partial charge on any atom is -0.353 e. The molecule has 4 N–H and O–H groups in total. The van der Waals surface area contributed by atoms with Gasteiger partial charge in [0.05, 0.1) is 23.4 Å². The number of rotatable bonds is 4. The standard InChI is InChI=1S/C25H29N7OS/c1-15-10-20(11-16(2)29-15)23-22(19-7-5-6-18(12-19)13-26)30-25(4,34-23)31-24(33)32-9-8-28-21(14-32)17(3)27/h5-7,10-12,21,27-28,30H,8-9,14H2,1-4H3,(H,31,33)/t21-,25?/m0/s1. The quantitative estimate of drug-likeness (QED) is 0.504. The molecule has 1 unspecified atom stereocenters. The fourth-order valence-electron chi connectivity index (χ4n) is 4.26. The molecule has 176 valence electrons. The van der Waals surface area contributed by atoms with Crippen molar-refractivity contribution in [3.8, 4) is 6.07 Å². The van der Waals surface area contributed by atoms with Crippen LogP contribution in [0, 0.1) is 30.6 Å². The van der Waals surface area contributed by atoms with Gasteiger partial charge in [0.25, 0.3) is 0 Å². The van der Waals surface area contributed by atoms with Crippen LogP contribution in [0.4, 0.5) is 4.79 Å². The van der Waals surface area contributed by atoms with Gasteiger partial charge < -0.3 is 26.3 Å². The van der Waals surface area contributed by atoms with Crippen LogP contribution in [-0.4, -0.2) is 52.3 Å². The molecule has 1 saturated heterocycles. The van der Waals surface area contributed by atoms with Gasteiger partial charge in [0.15, 0.2) is 4.99 Å². The van der Waals surface area contributed by atoms with Crippen LogP contribution in [-0.2, 0) is 0 Å². The third kappa shape index (κ3) is 5.08. The van der Waals surface area contributed by atoms with Gasteiger partial charge in [0.2, 0.25) is 0 Å². The molecule has 2 amide bonds. The van der Waals surface area contributed by atoms with Crippen LogP contribution in [0.2, 0.25) is 0 Å². The molecule has 0 saturated carbocycles. The molecule has 34 heavy (non-hydrogen) atoms. The molecule has 1 fully saturated rings. The number of nitriles is 1. The summed E-state index contributed by atoms with van der Waals surface area (Å²) in [7, 11) is 0. The Labute approximate surface area is 204 Å². The van der Waals surface area contributed by atoms with Crippen molar-refractivity contribution < 1.29 is 4.79 Å². The normalized spacial score (nSPS) is 22.2. The van der Waals surface area contributed by atoms with Crippen molar-refractivity contribution in [1.29, 1.82) is 10.7 Å². The molecule has 2 aliphatic rings. The first-order valence-electron chi connectivity index (χ1n) is 11.2. The van der Waals surface area contributed by atoms with Crippen LogP contribution in [0.1, 0.15) is 41.9 Å². The number of piperazine rings is 1. The monoisotopic (exact) mass is 475 g/mol. The molecule has 3 heterocycles. The summed E-state index contributed by atoms with van der Waals surface area (Å²) in [5, 5.41) is 27.3. The lowest BCUT2D eigenvalue weighted by Gasteiger charge is -2.36. The molecule has 1 aromatic carbocycles. The summed E-state index contributed by atoms with van der Waals surface area (Å²) in [4.78, 5) is 19.7. The number of hydrogen-bond acceptors (Lipinski definition) is 7. The fourth-order valence-corrected chi connectivity index (χ4v) is 5.46. The number of aromatic nitrogens is 1. The van der Waals surface area contributed by atoms with Crippen LogP contribution in [0.25, 0.3) is 10.6 Å². The summed E-state index contributed by atoms with van der Waals surface area (Å²) >= 11 is 1.54. The Morgan fingerprint density at radius 3 is 2.71 bits per heavy atom. The van der Waals surface area contributed by atoms with Gasteiger partial charge in [-0.1, -0.05) is 23.9 Å². The molecule has 0 radical (unpaired) electrons. The number of carbonyl (C=O) groups is 1. The predicted molar refractivity (Wildman–Crippen MR) is 136 cm³/mol. The van der Waals surface area contributed by atoms with Crippen molar-refractivity contribution in [2.45, 2.75) is 38.7 Å². The molecule has 2 aromatic rings. The third-order valence-electron chi connectivity index (χ3n) is 5.85. The minimum atomic E-state index is -0.796. The second kappa shape index (κ2) is 9.49. The van der Waals surface area contributed by atoms with Crippen LogP contribution < -0.4 is 16.0 Å². The smallest absolute Gasteiger partial charge is 0.319 e. The van der Waals surface area contributed by atoms with Crippen molar-refractivity contribution in [3.63, 3.8) is 0 Å². The highest BCUT2D eigenvalue weighted by atomic mass is 32.2. The van der Waals surface area contributed by atoms with Crippen LogP contribution in [0.15, 0.2) is 36.4 Å². The van der Waals surface area contributed by atoms with Crippen molar-refractivity contribution >= 4 is 34.1 Å². The topological polar surface area (TPSA) is 117 Å². The van der Waals surface area contributed by atoms with Gasteiger partial charge in [-0.3, -0.25) is 4.98 Å². The molecule has 9 heteroatoms. The van der Waals surface area contributed by atoms with Gasteiger partial charge in [0, 0.05) is 47.2 Å². The average Bonchev–Trinajstić information content (AvgIpc) is 3.16. The van der Waals surface area contributed by atoms with E-state index in [1.54, 1.807) is 29.7 Å². The zero-order valence-corrected chi connectivity index (χ0v) is 20.6. The average molecular weight is 476 g/mol.